The Morgan fingerprint density at radius 1 is 1.33 bits per heavy atom. The molecule has 0 radical (unpaired) electrons. The molecule has 0 spiro atoms. The molecule has 1 heterocycles. The van der Waals surface area contributed by atoms with E-state index in [2.05, 4.69) is 18.8 Å². The highest BCUT2D eigenvalue weighted by Crippen LogP contribution is 2.27. The highest BCUT2D eigenvalue weighted by atomic mass is 32.2. The van der Waals surface area contributed by atoms with E-state index in [1.54, 1.807) is 11.8 Å². The minimum absolute atomic E-state index is 0.0562. The van der Waals surface area contributed by atoms with Crippen LogP contribution >= 0.6 is 11.8 Å². The molecule has 0 aliphatic heterocycles. The van der Waals surface area contributed by atoms with Gasteiger partial charge in [0.05, 0.1) is 12.1 Å². The zero-order valence-corrected chi connectivity index (χ0v) is 11.7. The Hall–Kier alpha value is -1.06. The predicted octanol–water partition coefficient (Wildman–Crippen LogP) is 3.87. The molecule has 1 aromatic heterocycles. The van der Waals surface area contributed by atoms with Crippen LogP contribution in [0.5, 0.6) is 0 Å². The molecular formula is C15H19NOS. The lowest BCUT2D eigenvalue weighted by molar-refractivity contribution is 0.278. The number of pyridine rings is 1. The van der Waals surface area contributed by atoms with E-state index in [-0.39, 0.29) is 6.61 Å². The van der Waals surface area contributed by atoms with Gasteiger partial charge in [-0.25, -0.2) is 4.98 Å². The SMILES string of the molecule is CCC(C)CSc1nc2ccccc2cc1CO. The lowest BCUT2D eigenvalue weighted by Crippen LogP contribution is -1.99. The van der Waals surface area contributed by atoms with Gasteiger partial charge in [0.25, 0.3) is 0 Å². The Bertz CT molecular complexity index is 527. The van der Waals surface area contributed by atoms with Gasteiger partial charge in [0, 0.05) is 16.7 Å². The van der Waals surface area contributed by atoms with Gasteiger partial charge in [-0.2, -0.15) is 0 Å². The zero-order valence-electron chi connectivity index (χ0n) is 10.9. The molecule has 18 heavy (non-hydrogen) atoms. The number of rotatable bonds is 5. The third-order valence-electron chi connectivity index (χ3n) is 3.14. The van der Waals surface area contributed by atoms with Crippen molar-refractivity contribution in [2.75, 3.05) is 5.75 Å². The van der Waals surface area contributed by atoms with Crippen molar-refractivity contribution in [2.24, 2.45) is 5.92 Å². The van der Waals surface area contributed by atoms with Gasteiger partial charge in [0.2, 0.25) is 0 Å². The second-order valence-electron chi connectivity index (χ2n) is 4.63. The van der Waals surface area contributed by atoms with Crippen LogP contribution in [0.1, 0.15) is 25.8 Å². The van der Waals surface area contributed by atoms with Crippen LogP contribution in [0.3, 0.4) is 0 Å². The number of hydrogen-bond acceptors (Lipinski definition) is 3. The summed E-state index contributed by atoms with van der Waals surface area (Å²) in [5.41, 5.74) is 1.93. The zero-order chi connectivity index (χ0) is 13.0. The van der Waals surface area contributed by atoms with E-state index in [9.17, 15) is 5.11 Å². The van der Waals surface area contributed by atoms with E-state index in [1.165, 1.54) is 6.42 Å². The number of aliphatic hydroxyl groups is 1. The quantitative estimate of drug-likeness (QED) is 0.830. The number of thioether (sulfide) groups is 1. The molecule has 0 bridgehead atoms. The number of fused-ring (bicyclic) bond motifs is 1. The summed E-state index contributed by atoms with van der Waals surface area (Å²) in [5, 5.41) is 11.5. The summed E-state index contributed by atoms with van der Waals surface area (Å²) in [4.78, 5) is 4.66. The Morgan fingerprint density at radius 2 is 2.11 bits per heavy atom. The largest absolute Gasteiger partial charge is 0.392 e. The third kappa shape index (κ3) is 3.03. The van der Waals surface area contributed by atoms with Gasteiger partial charge >= 0.3 is 0 Å². The average Bonchev–Trinajstić information content (AvgIpc) is 2.43. The van der Waals surface area contributed by atoms with Gasteiger partial charge in [-0.3, -0.25) is 0 Å². The molecule has 0 saturated carbocycles. The molecule has 0 saturated heterocycles. The predicted molar refractivity (Wildman–Crippen MR) is 77.8 cm³/mol. The number of para-hydroxylation sites is 1. The van der Waals surface area contributed by atoms with Crippen LogP contribution in [0.25, 0.3) is 10.9 Å². The molecule has 3 heteroatoms. The van der Waals surface area contributed by atoms with Crippen molar-refractivity contribution in [1.29, 1.82) is 0 Å². The third-order valence-corrected chi connectivity index (χ3v) is 4.50. The van der Waals surface area contributed by atoms with E-state index in [4.69, 9.17) is 0 Å². The van der Waals surface area contributed by atoms with Gasteiger partial charge in [0.15, 0.2) is 0 Å². The van der Waals surface area contributed by atoms with Crippen LogP contribution in [0.2, 0.25) is 0 Å². The summed E-state index contributed by atoms with van der Waals surface area (Å²) in [6.45, 7) is 4.50. The van der Waals surface area contributed by atoms with Crippen molar-refractivity contribution in [2.45, 2.75) is 31.9 Å². The molecule has 96 valence electrons. The van der Waals surface area contributed by atoms with Crippen LogP contribution in [-0.2, 0) is 6.61 Å². The van der Waals surface area contributed by atoms with Crippen molar-refractivity contribution in [3.05, 3.63) is 35.9 Å². The van der Waals surface area contributed by atoms with E-state index < -0.39 is 0 Å². The van der Waals surface area contributed by atoms with E-state index >= 15 is 0 Å². The van der Waals surface area contributed by atoms with Crippen molar-refractivity contribution in [3.63, 3.8) is 0 Å². The van der Waals surface area contributed by atoms with Crippen molar-refractivity contribution >= 4 is 22.7 Å². The molecule has 1 aromatic carbocycles. The molecule has 1 unspecified atom stereocenters. The van der Waals surface area contributed by atoms with Gasteiger partial charge in [0.1, 0.15) is 5.03 Å². The second-order valence-corrected chi connectivity index (χ2v) is 5.64. The topological polar surface area (TPSA) is 33.1 Å². The highest BCUT2D eigenvalue weighted by molar-refractivity contribution is 7.99. The Morgan fingerprint density at radius 3 is 2.83 bits per heavy atom. The summed E-state index contributed by atoms with van der Waals surface area (Å²) in [5.74, 6) is 1.73. The molecule has 1 atom stereocenters. The number of aliphatic hydroxyl groups excluding tert-OH is 1. The highest BCUT2D eigenvalue weighted by Gasteiger charge is 2.08. The van der Waals surface area contributed by atoms with Crippen LogP contribution in [0, 0.1) is 5.92 Å². The molecule has 2 nitrogen and oxygen atoms in total. The van der Waals surface area contributed by atoms with Gasteiger partial charge in [-0.05, 0) is 18.1 Å². The minimum Gasteiger partial charge on any atom is -0.392 e. The lowest BCUT2D eigenvalue weighted by atomic mass is 10.2. The first-order valence-corrected chi connectivity index (χ1v) is 7.35. The van der Waals surface area contributed by atoms with E-state index in [0.29, 0.717) is 5.92 Å². The monoisotopic (exact) mass is 261 g/mol. The van der Waals surface area contributed by atoms with Gasteiger partial charge in [-0.15, -0.1) is 11.8 Å². The molecule has 0 amide bonds. The van der Waals surface area contributed by atoms with Crippen molar-refractivity contribution in [3.8, 4) is 0 Å². The fraction of sp³-hybridized carbons (Fsp3) is 0.400. The molecular weight excluding hydrogens is 242 g/mol. The van der Waals surface area contributed by atoms with Crippen molar-refractivity contribution in [1.82, 2.24) is 4.98 Å². The summed E-state index contributed by atoms with van der Waals surface area (Å²) >= 11 is 1.75. The summed E-state index contributed by atoms with van der Waals surface area (Å²) in [7, 11) is 0. The van der Waals surface area contributed by atoms with Gasteiger partial charge in [-0.1, -0.05) is 38.5 Å². The number of benzene rings is 1. The molecule has 0 fully saturated rings. The van der Waals surface area contributed by atoms with Crippen molar-refractivity contribution < 1.29 is 5.11 Å². The Labute approximate surface area is 112 Å². The standard InChI is InChI=1S/C15H19NOS/c1-3-11(2)10-18-15-13(9-17)8-12-6-4-5-7-14(12)16-15/h4-8,11,17H,3,9-10H2,1-2H3. The maximum Gasteiger partial charge on any atom is 0.102 e. The van der Waals surface area contributed by atoms with Crippen LogP contribution < -0.4 is 0 Å². The second kappa shape index (κ2) is 6.21. The van der Waals surface area contributed by atoms with Crippen LogP contribution in [-0.4, -0.2) is 15.8 Å². The van der Waals surface area contributed by atoms with E-state index in [1.807, 2.05) is 30.3 Å². The first-order valence-electron chi connectivity index (χ1n) is 6.37. The fourth-order valence-electron chi connectivity index (χ4n) is 1.72. The van der Waals surface area contributed by atoms with E-state index in [0.717, 1.165) is 27.2 Å². The number of hydrogen-bond donors (Lipinski definition) is 1. The molecule has 2 aromatic rings. The number of aromatic nitrogens is 1. The average molecular weight is 261 g/mol. The lowest BCUT2D eigenvalue weighted by Gasteiger charge is -2.11. The molecule has 2 rings (SSSR count). The smallest absolute Gasteiger partial charge is 0.102 e. The van der Waals surface area contributed by atoms with Crippen LogP contribution in [0.15, 0.2) is 35.4 Å². The molecule has 0 aliphatic rings. The fourth-order valence-corrected chi connectivity index (χ4v) is 2.87. The number of nitrogens with zero attached hydrogens (tertiary/aromatic N) is 1. The normalized spacial score (nSPS) is 12.8. The maximum absolute atomic E-state index is 9.45. The summed E-state index contributed by atoms with van der Waals surface area (Å²) in [6, 6.07) is 10.1. The molecule has 1 N–H and O–H groups in total. The Balaban J connectivity index is 2.30. The first kappa shape index (κ1) is 13.4. The first-order chi connectivity index (χ1) is 8.74. The molecule has 0 aliphatic carbocycles. The van der Waals surface area contributed by atoms with Crippen LogP contribution in [0.4, 0.5) is 0 Å². The minimum atomic E-state index is 0.0562. The summed E-state index contributed by atoms with van der Waals surface area (Å²) < 4.78 is 0. The van der Waals surface area contributed by atoms with Gasteiger partial charge < -0.3 is 5.11 Å². The Kier molecular flexibility index (Phi) is 4.61. The summed E-state index contributed by atoms with van der Waals surface area (Å²) in [6.07, 6.45) is 1.18. The maximum atomic E-state index is 9.45.